The molecule has 0 unspecified atom stereocenters. The van der Waals surface area contributed by atoms with E-state index in [4.69, 9.17) is 0 Å². The van der Waals surface area contributed by atoms with Crippen molar-refractivity contribution in [2.75, 3.05) is 0 Å². The van der Waals surface area contributed by atoms with E-state index in [1.54, 1.807) is 16.8 Å². The first-order valence-corrected chi connectivity index (χ1v) is 6.30. The molecule has 1 aromatic heterocycles. The third-order valence-corrected chi connectivity index (χ3v) is 3.04. The molecule has 0 saturated carbocycles. The van der Waals surface area contributed by atoms with Gasteiger partial charge in [0.05, 0.1) is 10.6 Å². The van der Waals surface area contributed by atoms with Crippen molar-refractivity contribution in [3.8, 4) is 5.69 Å². The predicted octanol–water partition coefficient (Wildman–Crippen LogP) is 2.16. The number of rotatable bonds is 4. The number of non-ortho nitro benzene ring substituents is 1. The Labute approximate surface area is 120 Å². The summed E-state index contributed by atoms with van der Waals surface area (Å²) in [6.45, 7) is 0. The van der Waals surface area contributed by atoms with Gasteiger partial charge in [-0.25, -0.2) is 0 Å². The molecule has 0 N–H and O–H groups in total. The molecule has 21 heavy (non-hydrogen) atoms. The quantitative estimate of drug-likeness (QED) is 0.540. The first-order valence-electron chi connectivity index (χ1n) is 6.30. The molecule has 1 heterocycles. The number of tetrazole rings is 1. The molecule has 0 amide bonds. The topological polar surface area (TPSA) is 86.7 Å². The van der Waals surface area contributed by atoms with Crippen LogP contribution in [-0.2, 0) is 6.42 Å². The van der Waals surface area contributed by atoms with Crippen molar-refractivity contribution >= 4 is 5.69 Å². The van der Waals surface area contributed by atoms with Gasteiger partial charge in [-0.1, -0.05) is 30.3 Å². The summed E-state index contributed by atoms with van der Waals surface area (Å²) < 4.78 is 1.58. The normalized spacial score (nSPS) is 10.5. The Bertz CT molecular complexity index is 753. The van der Waals surface area contributed by atoms with Crippen molar-refractivity contribution in [1.82, 2.24) is 20.2 Å². The smallest absolute Gasteiger partial charge is 0.258 e. The average Bonchev–Trinajstić information content (AvgIpc) is 2.96. The largest absolute Gasteiger partial charge is 0.269 e. The van der Waals surface area contributed by atoms with Crippen LogP contribution in [0.2, 0.25) is 0 Å². The van der Waals surface area contributed by atoms with Crippen LogP contribution in [0.3, 0.4) is 0 Å². The molecule has 2 aromatic carbocycles. The van der Waals surface area contributed by atoms with Gasteiger partial charge in [0, 0.05) is 18.6 Å². The number of hydrogen-bond donors (Lipinski definition) is 0. The fraction of sp³-hybridized carbons (Fsp3) is 0.0714. The molecule has 0 spiro atoms. The number of benzene rings is 2. The zero-order valence-electron chi connectivity index (χ0n) is 11.0. The number of nitrogens with zero attached hydrogens (tertiary/aromatic N) is 5. The zero-order chi connectivity index (χ0) is 14.7. The summed E-state index contributed by atoms with van der Waals surface area (Å²) in [4.78, 5) is 10.2. The maximum Gasteiger partial charge on any atom is 0.269 e. The lowest BCUT2D eigenvalue weighted by molar-refractivity contribution is -0.384. The first kappa shape index (κ1) is 12.9. The summed E-state index contributed by atoms with van der Waals surface area (Å²) in [6.07, 6.45) is 0.588. The van der Waals surface area contributed by atoms with Crippen LogP contribution in [-0.4, -0.2) is 25.1 Å². The minimum absolute atomic E-state index is 0.0384. The molecular formula is C14H11N5O2. The van der Waals surface area contributed by atoms with Gasteiger partial charge < -0.3 is 0 Å². The predicted molar refractivity (Wildman–Crippen MR) is 75.1 cm³/mol. The molecule has 0 atom stereocenters. The molecule has 0 radical (unpaired) electrons. The van der Waals surface area contributed by atoms with Gasteiger partial charge in [-0.15, -0.1) is 5.10 Å². The van der Waals surface area contributed by atoms with Crippen LogP contribution in [0, 0.1) is 10.1 Å². The van der Waals surface area contributed by atoms with E-state index in [9.17, 15) is 10.1 Å². The summed E-state index contributed by atoms with van der Waals surface area (Å²) >= 11 is 0. The summed E-state index contributed by atoms with van der Waals surface area (Å²) in [6, 6.07) is 16.0. The van der Waals surface area contributed by atoms with Crippen LogP contribution in [0.1, 0.15) is 11.4 Å². The van der Waals surface area contributed by atoms with Gasteiger partial charge in [0.25, 0.3) is 5.69 Å². The van der Waals surface area contributed by atoms with Gasteiger partial charge in [0.1, 0.15) is 0 Å². The van der Waals surface area contributed by atoms with Crippen molar-refractivity contribution in [1.29, 1.82) is 0 Å². The first-order chi connectivity index (χ1) is 10.2. The molecule has 0 aliphatic carbocycles. The van der Waals surface area contributed by atoms with Crippen LogP contribution in [0.4, 0.5) is 5.69 Å². The van der Waals surface area contributed by atoms with Crippen LogP contribution in [0.5, 0.6) is 0 Å². The van der Waals surface area contributed by atoms with E-state index in [0.717, 1.165) is 5.56 Å². The summed E-state index contributed by atoms with van der Waals surface area (Å²) in [5.74, 6) is 0.676. The SMILES string of the molecule is O=[N+]([O-])c1ccc(-n2nnnc2Cc2ccccc2)cc1. The van der Waals surface area contributed by atoms with Gasteiger partial charge in [-0.05, 0) is 28.1 Å². The van der Waals surface area contributed by atoms with Gasteiger partial charge in [0.2, 0.25) is 0 Å². The van der Waals surface area contributed by atoms with E-state index in [1.807, 2.05) is 30.3 Å². The lowest BCUT2D eigenvalue weighted by Crippen LogP contribution is -2.04. The summed E-state index contributed by atoms with van der Waals surface area (Å²) in [5, 5.41) is 22.3. The number of nitro benzene ring substituents is 1. The maximum absolute atomic E-state index is 10.7. The van der Waals surface area contributed by atoms with Gasteiger partial charge >= 0.3 is 0 Å². The molecule has 3 rings (SSSR count). The molecule has 7 heteroatoms. The van der Waals surface area contributed by atoms with E-state index >= 15 is 0 Å². The molecule has 3 aromatic rings. The zero-order valence-corrected chi connectivity index (χ0v) is 11.0. The van der Waals surface area contributed by atoms with Gasteiger partial charge in [-0.2, -0.15) is 4.68 Å². The fourth-order valence-corrected chi connectivity index (χ4v) is 2.01. The van der Waals surface area contributed by atoms with Crippen molar-refractivity contribution in [2.24, 2.45) is 0 Å². The van der Waals surface area contributed by atoms with E-state index in [2.05, 4.69) is 15.5 Å². The maximum atomic E-state index is 10.7. The number of nitro groups is 1. The van der Waals surface area contributed by atoms with E-state index in [-0.39, 0.29) is 5.69 Å². The van der Waals surface area contributed by atoms with Crippen molar-refractivity contribution < 1.29 is 4.92 Å². The Morgan fingerprint density at radius 2 is 1.76 bits per heavy atom. The second-order valence-corrected chi connectivity index (χ2v) is 4.44. The Hall–Kier alpha value is -3.09. The standard InChI is InChI=1S/C14H11N5O2/c20-19(21)13-8-6-12(7-9-13)18-14(15-16-17-18)10-11-4-2-1-3-5-11/h1-9H,10H2. The molecule has 7 nitrogen and oxygen atoms in total. The molecule has 104 valence electrons. The fourth-order valence-electron chi connectivity index (χ4n) is 2.01. The lowest BCUT2D eigenvalue weighted by Gasteiger charge is -2.04. The minimum atomic E-state index is -0.436. The highest BCUT2D eigenvalue weighted by Crippen LogP contribution is 2.16. The third kappa shape index (κ3) is 2.76. The Morgan fingerprint density at radius 1 is 1.05 bits per heavy atom. The van der Waals surface area contributed by atoms with Crippen LogP contribution >= 0.6 is 0 Å². The van der Waals surface area contributed by atoms with Gasteiger partial charge in [0.15, 0.2) is 5.82 Å². The second kappa shape index (κ2) is 5.49. The van der Waals surface area contributed by atoms with Gasteiger partial charge in [-0.3, -0.25) is 10.1 Å². The molecule has 0 aliphatic rings. The van der Waals surface area contributed by atoms with E-state index in [0.29, 0.717) is 17.9 Å². The van der Waals surface area contributed by atoms with E-state index in [1.165, 1.54) is 12.1 Å². The second-order valence-electron chi connectivity index (χ2n) is 4.44. The molecule has 0 fully saturated rings. The molecule has 0 saturated heterocycles. The Balaban J connectivity index is 1.90. The number of hydrogen-bond acceptors (Lipinski definition) is 5. The summed E-state index contributed by atoms with van der Waals surface area (Å²) in [5.41, 5.74) is 1.82. The molecule has 0 bridgehead atoms. The van der Waals surface area contributed by atoms with Crippen molar-refractivity contribution in [3.05, 3.63) is 76.1 Å². The minimum Gasteiger partial charge on any atom is -0.258 e. The third-order valence-electron chi connectivity index (χ3n) is 3.04. The highest BCUT2D eigenvalue weighted by atomic mass is 16.6. The van der Waals surface area contributed by atoms with Crippen molar-refractivity contribution in [2.45, 2.75) is 6.42 Å². The molecule has 0 aliphatic heterocycles. The molecular weight excluding hydrogens is 270 g/mol. The number of aromatic nitrogens is 4. The van der Waals surface area contributed by atoms with E-state index < -0.39 is 4.92 Å². The highest BCUT2D eigenvalue weighted by Gasteiger charge is 2.11. The highest BCUT2D eigenvalue weighted by molar-refractivity contribution is 5.40. The monoisotopic (exact) mass is 281 g/mol. The van der Waals surface area contributed by atoms with Crippen LogP contribution in [0.15, 0.2) is 54.6 Å². The lowest BCUT2D eigenvalue weighted by atomic mass is 10.1. The van der Waals surface area contributed by atoms with Crippen molar-refractivity contribution in [3.63, 3.8) is 0 Å². The summed E-state index contributed by atoms with van der Waals surface area (Å²) in [7, 11) is 0. The van der Waals surface area contributed by atoms with Crippen LogP contribution in [0.25, 0.3) is 5.69 Å². The Morgan fingerprint density at radius 3 is 2.43 bits per heavy atom. The van der Waals surface area contributed by atoms with Crippen LogP contribution < -0.4 is 0 Å². The Kier molecular flexibility index (Phi) is 3.38. The average molecular weight is 281 g/mol.